The summed E-state index contributed by atoms with van der Waals surface area (Å²) in [6.07, 6.45) is 5.79. The molecule has 3 aromatic heterocycles. The minimum atomic E-state index is 0.434. The van der Waals surface area contributed by atoms with Crippen LogP contribution in [0, 0.1) is 6.92 Å². The van der Waals surface area contributed by atoms with Crippen LogP contribution in [-0.4, -0.2) is 43.0 Å². The smallest absolute Gasteiger partial charge is 0.159 e. The second-order valence-electron chi connectivity index (χ2n) is 8.39. The topological polar surface area (TPSA) is 98.1 Å². The molecule has 1 aliphatic rings. The van der Waals surface area contributed by atoms with E-state index >= 15 is 0 Å². The highest BCUT2D eigenvalue weighted by atomic mass is 15.0. The number of benzene rings is 2. The van der Waals surface area contributed by atoms with E-state index in [1.54, 1.807) is 6.20 Å². The van der Waals surface area contributed by atoms with Gasteiger partial charge >= 0.3 is 0 Å². The summed E-state index contributed by atoms with van der Waals surface area (Å²) in [6.45, 7) is 4.15. The van der Waals surface area contributed by atoms with Crippen LogP contribution in [0.15, 0.2) is 54.9 Å². The first-order valence-corrected chi connectivity index (χ1v) is 11.1. The van der Waals surface area contributed by atoms with Gasteiger partial charge in [-0.3, -0.25) is 0 Å². The van der Waals surface area contributed by atoms with Gasteiger partial charge in [0.15, 0.2) is 5.82 Å². The van der Waals surface area contributed by atoms with E-state index in [1.807, 2.05) is 12.3 Å². The van der Waals surface area contributed by atoms with Gasteiger partial charge in [0, 0.05) is 29.4 Å². The van der Waals surface area contributed by atoms with Crippen molar-refractivity contribution >= 4 is 11.0 Å². The Kier molecular flexibility index (Phi) is 4.61. The molecule has 0 saturated carbocycles. The molecular weight excluding hydrogens is 398 g/mol. The standard InChI is InChI=1S/C25H25N7/c1-15-18(24-27-13-14-28-24)7-8-19-20(15)30-25(29-19)22-21(16-5-3-2-4-6-16)31-23(32-22)17-9-11-26-12-10-17/h2-8,13-14,17,26H,9-12H2,1H3,(H,27,28)(H,29,30)(H,31,32). The summed E-state index contributed by atoms with van der Waals surface area (Å²) in [6, 6.07) is 14.5. The molecule has 4 N–H and O–H groups in total. The lowest BCUT2D eigenvalue weighted by Gasteiger charge is -2.20. The van der Waals surface area contributed by atoms with E-state index in [4.69, 9.17) is 9.97 Å². The molecule has 5 aromatic rings. The number of hydrogen-bond acceptors (Lipinski definition) is 4. The minimum absolute atomic E-state index is 0.434. The van der Waals surface area contributed by atoms with Crippen molar-refractivity contribution in [1.29, 1.82) is 0 Å². The molecule has 0 radical (unpaired) electrons. The van der Waals surface area contributed by atoms with Crippen molar-refractivity contribution in [3.8, 4) is 34.2 Å². The molecule has 6 rings (SSSR count). The molecule has 32 heavy (non-hydrogen) atoms. The van der Waals surface area contributed by atoms with Crippen LogP contribution in [-0.2, 0) is 0 Å². The Morgan fingerprint density at radius 2 is 1.75 bits per heavy atom. The summed E-state index contributed by atoms with van der Waals surface area (Å²) in [5, 5.41) is 3.44. The Balaban J connectivity index is 1.49. The highest BCUT2D eigenvalue weighted by Gasteiger charge is 2.24. The van der Waals surface area contributed by atoms with Gasteiger partial charge < -0.3 is 20.3 Å². The molecule has 4 heterocycles. The first-order chi connectivity index (χ1) is 15.8. The lowest BCUT2D eigenvalue weighted by molar-refractivity contribution is 0.447. The van der Waals surface area contributed by atoms with Crippen LogP contribution in [0.5, 0.6) is 0 Å². The second-order valence-corrected chi connectivity index (χ2v) is 8.39. The Morgan fingerprint density at radius 1 is 0.906 bits per heavy atom. The van der Waals surface area contributed by atoms with Gasteiger partial charge in [-0.1, -0.05) is 30.3 Å². The Labute approximate surface area is 185 Å². The summed E-state index contributed by atoms with van der Waals surface area (Å²) in [5.74, 6) is 3.12. The number of nitrogens with zero attached hydrogens (tertiary/aromatic N) is 3. The number of aromatic nitrogens is 6. The van der Waals surface area contributed by atoms with Gasteiger partial charge in [-0.05, 0) is 50.6 Å². The number of hydrogen-bond donors (Lipinski definition) is 4. The summed E-state index contributed by atoms with van der Waals surface area (Å²) in [7, 11) is 0. The second kappa shape index (κ2) is 7.76. The Hall–Kier alpha value is -3.71. The number of aromatic amines is 3. The molecule has 1 saturated heterocycles. The lowest BCUT2D eigenvalue weighted by Crippen LogP contribution is -2.27. The fourth-order valence-corrected chi connectivity index (χ4v) is 4.66. The van der Waals surface area contributed by atoms with Gasteiger partial charge in [-0.2, -0.15) is 0 Å². The number of nitrogens with one attached hydrogen (secondary N) is 4. The highest BCUT2D eigenvalue weighted by Crippen LogP contribution is 2.35. The van der Waals surface area contributed by atoms with Crippen LogP contribution in [0.2, 0.25) is 0 Å². The largest absolute Gasteiger partial charge is 0.345 e. The molecule has 7 heteroatoms. The maximum atomic E-state index is 5.08. The van der Waals surface area contributed by atoms with Crippen molar-refractivity contribution in [2.45, 2.75) is 25.7 Å². The van der Waals surface area contributed by atoms with E-state index in [9.17, 15) is 0 Å². The number of fused-ring (bicyclic) bond motifs is 1. The summed E-state index contributed by atoms with van der Waals surface area (Å²) in [4.78, 5) is 24.9. The van der Waals surface area contributed by atoms with Gasteiger partial charge in [0.25, 0.3) is 0 Å². The van der Waals surface area contributed by atoms with Crippen molar-refractivity contribution in [3.05, 3.63) is 66.2 Å². The van der Waals surface area contributed by atoms with Crippen molar-refractivity contribution < 1.29 is 0 Å². The van der Waals surface area contributed by atoms with Crippen LogP contribution >= 0.6 is 0 Å². The normalized spacial score (nSPS) is 14.9. The van der Waals surface area contributed by atoms with E-state index in [-0.39, 0.29) is 0 Å². The molecule has 0 atom stereocenters. The van der Waals surface area contributed by atoms with Crippen LogP contribution in [0.4, 0.5) is 0 Å². The molecule has 0 unspecified atom stereocenters. The third-order valence-corrected chi connectivity index (χ3v) is 6.40. The molecule has 7 nitrogen and oxygen atoms in total. The van der Waals surface area contributed by atoms with E-state index in [2.05, 4.69) is 68.6 Å². The fourth-order valence-electron chi connectivity index (χ4n) is 4.66. The summed E-state index contributed by atoms with van der Waals surface area (Å²) < 4.78 is 0. The molecule has 160 valence electrons. The maximum Gasteiger partial charge on any atom is 0.159 e. The molecular formula is C25H25N7. The van der Waals surface area contributed by atoms with E-state index in [0.717, 1.165) is 82.5 Å². The van der Waals surface area contributed by atoms with Crippen LogP contribution < -0.4 is 5.32 Å². The van der Waals surface area contributed by atoms with Crippen molar-refractivity contribution in [3.63, 3.8) is 0 Å². The first kappa shape index (κ1) is 19.0. The number of rotatable bonds is 4. The van der Waals surface area contributed by atoms with E-state index in [0.29, 0.717) is 5.92 Å². The zero-order chi connectivity index (χ0) is 21.5. The Bertz CT molecular complexity index is 1360. The Morgan fingerprint density at radius 3 is 2.53 bits per heavy atom. The maximum absolute atomic E-state index is 5.08. The average Bonchev–Trinajstić information content (AvgIpc) is 3.60. The van der Waals surface area contributed by atoms with Gasteiger partial charge in [-0.25, -0.2) is 15.0 Å². The summed E-state index contributed by atoms with van der Waals surface area (Å²) in [5.41, 5.74) is 7.10. The van der Waals surface area contributed by atoms with E-state index < -0.39 is 0 Å². The van der Waals surface area contributed by atoms with Crippen molar-refractivity contribution in [2.24, 2.45) is 0 Å². The molecule has 1 aliphatic heterocycles. The van der Waals surface area contributed by atoms with Gasteiger partial charge in [-0.15, -0.1) is 0 Å². The fraction of sp³-hybridized carbons (Fsp3) is 0.240. The van der Waals surface area contributed by atoms with E-state index in [1.165, 1.54) is 0 Å². The van der Waals surface area contributed by atoms with Crippen molar-refractivity contribution in [2.75, 3.05) is 13.1 Å². The summed E-state index contributed by atoms with van der Waals surface area (Å²) >= 11 is 0. The molecule has 0 spiro atoms. The van der Waals surface area contributed by atoms with Crippen molar-refractivity contribution in [1.82, 2.24) is 35.2 Å². The minimum Gasteiger partial charge on any atom is -0.345 e. The number of piperidine rings is 1. The monoisotopic (exact) mass is 423 g/mol. The molecule has 2 aromatic carbocycles. The molecule has 0 bridgehead atoms. The van der Waals surface area contributed by atoms with Gasteiger partial charge in [0.1, 0.15) is 17.3 Å². The highest BCUT2D eigenvalue weighted by molar-refractivity contribution is 5.89. The SMILES string of the molecule is Cc1c(-c2ncc[nH]2)ccc2[nH]c(-c3nc(C4CCNCC4)[nH]c3-c3ccccc3)nc12. The zero-order valence-corrected chi connectivity index (χ0v) is 17.9. The van der Waals surface area contributed by atoms with Crippen LogP contribution in [0.25, 0.3) is 45.2 Å². The predicted octanol–water partition coefficient (Wildman–Crippen LogP) is 4.79. The third-order valence-electron chi connectivity index (χ3n) is 6.40. The quantitative estimate of drug-likeness (QED) is 0.334. The van der Waals surface area contributed by atoms with Gasteiger partial charge in [0.2, 0.25) is 0 Å². The molecule has 1 fully saturated rings. The predicted molar refractivity (Wildman–Crippen MR) is 126 cm³/mol. The molecule has 0 aliphatic carbocycles. The number of H-pyrrole nitrogens is 3. The van der Waals surface area contributed by atoms with Crippen LogP contribution in [0.3, 0.4) is 0 Å². The first-order valence-electron chi connectivity index (χ1n) is 11.1. The zero-order valence-electron chi connectivity index (χ0n) is 17.9. The number of imidazole rings is 3. The average molecular weight is 424 g/mol. The lowest BCUT2D eigenvalue weighted by atomic mass is 9.98. The number of aryl methyl sites for hydroxylation is 1. The third kappa shape index (κ3) is 3.22. The molecule has 0 amide bonds. The van der Waals surface area contributed by atoms with Gasteiger partial charge in [0.05, 0.1) is 16.7 Å². The van der Waals surface area contributed by atoms with Crippen LogP contribution in [0.1, 0.15) is 30.1 Å².